The van der Waals surface area contributed by atoms with Crippen molar-refractivity contribution in [2.75, 3.05) is 17.7 Å². The lowest BCUT2D eigenvalue weighted by Gasteiger charge is -2.23. The number of rotatable bonds is 3. The summed E-state index contributed by atoms with van der Waals surface area (Å²) >= 11 is 5.99. The second kappa shape index (κ2) is 5.70. The van der Waals surface area contributed by atoms with Crippen LogP contribution in [0.25, 0.3) is 0 Å². The van der Waals surface area contributed by atoms with Gasteiger partial charge in [-0.05, 0) is 13.8 Å². The molecule has 6 N–H and O–H groups in total. The van der Waals surface area contributed by atoms with Crippen molar-refractivity contribution in [3.05, 3.63) is 10.8 Å². The van der Waals surface area contributed by atoms with Gasteiger partial charge in [0.2, 0.25) is 0 Å². The fraction of sp³-hybridized carbons (Fsp3) is 0.400. The van der Waals surface area contributed by atoms with Gasteiger partial charge in [-0.2, -0.15) is 4.99 Å². The number of nitrogens with two attached hydrogens (primary N) is 3. The van der Waals surface area contributed by atoms with Gasteiger partial charge in [0, 0.05) is 13.1 Å². The van der Waals surface area contributed by atoms with E-state index in [2.05, 4.69) is 15.0 Å². The fourth-order valence-corrected chi connectivity index (χ4v) is 1.48. The third-order valence-corrected chi connectivity index (χ3v) is 2.66. The Labute approximate surface area is 115 Å². The Morgan fingerprint density at radius 3 is 2.42 bits per heavy atom. The van der Waals surface area contributed by atoms with Crippen molar-refractivity contribution >= 4 is 35.1 Å². The standard InChI is InChI=1S/C10H16ClN7O/c1-4(2)18(3)8-6(11)15-5(7(12)16-8)9(19)17-10(13)14/h4H,1-3H3,(H2,12,16)(H4,13,14,17,19). The van der Waals surface area contributed by atoms with Gasteiger partial charge in [-0.1, -0.05) is 11.6 Å². The molecule has 0 saturated carbocycles. The molecule has 0 radical (unpaired) electrons. The zero-order chi connectivity index (χ0) is 14.7. The first kappa shape index (κ1) is 15.0. The molecular weight excluding hydrogens is 270 g/mol. The first-order valence-corrected chi connectivity index (χ1v) is 5.81. The molecule has 104 valence electrons. The van der Waals surface area contributed by atoms with E-state index in [0.717, 1.165) is 0 Å². The minimum atomic E-state index is -0.786. The lowest BCUT2D eigenvalue weighted by molar-refractivity contribution is 0.0998. The fourth-order valence-electron chi connectivity index (χ4n) is 1.22. The van der Waals surface area contributed by atoms with E-state index in [-0.39, 0.29) is 28.7 Å². The van der Waals surface area contributed by atoms with Gasteiger partial charge in [-0.15, -0.1) is 0 Å². The molecule has 0 aliphatic heterocycles. The van der Waals surface area contributed by atoms with E-state index in [1.807, 2.05) is 13.8 Å². The summed E-state index contributed by atoms with van der Waals surface area (Å²) in [7, 11) is 1.79. The van der Waals surface area contributed by atoms with Gasteiger partial charge in [-0.3, -0.25) is 4.79 Å². The van der Waals surface area contributed by atoms with Gasteiger partial charge >= 0.3 is 5.91 Å². The minimum Gasteiger partial charge on any atom is -0.382 e. The van der Waals surface area contributed by atoms with E-state index in [1.165, 1.54) is 0 Å². The number of nitrogens with zero attached hydrogens (tertiary/aromatic N) is 4. The summed E-state index contributed by atoms with van der Waals surface area (Å²) in [5.41, 5.74) is 15.7. The number of amides is 1. The highest BCUT2D eigenvalue weighted by Crippen LogP contribution is 2.24. The summed E-state index contributed by atoms with van der Waals surface area (Å²) in [6, 6.07) is 0.144. The number of carbonyl (C=O) groups excluding carboxylic acids is 1. The average Bonchev–Trinajstić information content (AvgIpc) is 2.29. The topological polar surface area (TPSA) is 137 Å². The molecule has 0 saturated heterocycles. The number of hydrogen-bond acceptors (Lipinski definition) is 5. The molecule has 0 atom stereocenters. The van der Waals surface area contributed by atoms with Crippen LogP contribution in [-0.4, -0.2) is 34.9 Å². The smallest absolute Gasteiger partial charge is 0.302 e. The Hall–Kier alpha value is -2.09. The number of carbonyl (C=O) groups is 1. The number of nitrogen functional groups attached to an aromatic ring is 1. The van der Waals surface area contributed by atoms with Crippen LogP contribution in [0.2, 0.25) is 5.15 Å². The number of halogens is 1. The molecule has 0 aliphatic carbocycles. The third kappa shape index (κ3) is 3.44. The molecule has 1 amide bonds. The molecule has 19 heavy (non-hydrogen) atoms. The number of aromatic nitrogens is 2. The van der Waals surface area contributed by atoms with E-state index in [0.29, 0.717) is 5.82 Å². The van der Waals surface area contributed by atoms with E-state index in [9.17, 15) is 4.79 Å². The second-order valence-corrected chi connectivity index (χ2v) is 4.48. The van der Waals surface area contributed by atoms with Crippen molar-refractivity contribution in [3.8, 4) is 0 Å². The van der Waals surface area contributed by atoms with Crippen LogP contribution in [0.4, 0.5) is 11.6 Å². The highest BCUT2D eigenvalue weighted by Gasteiger charge is 2.19. The van der Waals surface area contributed by atoms with Crippen LogP contribution in [0, 0.1) is 0 Å². The molecule has 1 rings (SSSR count). The molecule has 1 heterocycles. The summed E-state index contributed by atoms with van der Waals surface area (Å²) < 4.78 is 0. The van der Waals surface area contributed by atoms with Crippen LogP contribution < -0.4 is 22.1 Å². The largest absolute Gasteiger partial charge is 0.382 e. The second-order valence-electron chi connectivity index (χ2n) is 4.12. The molecule has 1 aromatic rings. The molecule has 0 aliphatic rings. The Morgan fingerprint density at radius 1 is 1.37 bits per heavy atom. The molecular formula is C10H16ClN7O. The van der Waals surface area contributed by atoms with Crippen molar-refractivity contribution in [1.82, 2.24) is 9.97 Å². The van der Waals surface area contributed by atoms with Crippen molar-refractivity contribution in [3.63, 3.8) is 0 Å². The van der Waals surface area contributed by atoms with Crippen LogP contribution in [0.5, 0.6) is 0 Å². The van der Waals surface area contributed by atoms with Crippen molar-refractivity contribution in [2.24, 2.45) is 16.5 Å². The van der Waals surface area contributed by atoms with Crippen LogP contribution in [0.15, 0.2) is 4.99 Å². The van der Waals surface area contributed by atoms with Gasteiger partial charge in [0.1, 0.15) is 0 Å². The Balaban J connectivity index is 3.25. The van der Waals surface area contributed by atoms with Crippen molar-refractivity contribution in [2.45, 2.75) is 19.9 Å². The summed E-state index contributed by atoms with van der Waals surface area (Å²) in [5.74, 6) is -0.867. The Bertz CT molecular complexity index is 525. The van der Waals surface area contributed by atoms with Gasteiger partial charge < -0.3 is 22.1 Å². The van der Waals surface area contributed by atoms with E-state index >= 15 is 0 Å². The number of guanidine groups is 1. The minimum absolute atomic E-state index is 0.0551. The summed E-state index contributed by atoms with van der Waals surface area (Å²) in [4.78, 5) is 24.7. The predicted octanol–water partition coefficient (Wildman–Crippen LogP) is -0.0296. The van der Waals surface area contributed by atoms with E-state index in [1.54, 1.807) is 11.9 Å². The van der Waals surface area contributed by atoms with Gasteiger partial charge in [0.05, 0.1) is 0 Å². The maximum absolute atomic E-state index is 11.6. The highest BCUT2D eigenvalue weighted by atomic mass is 35.5. The molecule has 0 spiro atoms. The predicted molar refractivity (Wildman–Crippen MR) is 75.1 cm³/mol. The summed E-state index contributed by atoms with van der Waals surface area (Å²) in [6.07, 6.45) is 0. The van der Waals surface area contributed by atoms with E-state index < -0.39 is 5.91 Å². The molecule has 0 fully saturated rings. The van der Waals surface area contributed by atoms with Gasteiger partial charge in [-0.25, -0.2) is 9.97 Å². The van der Waals surface area contributed by atoms with Crippen LogP contribution in [-0.2, 0) is 0 Å². The quantitative estimate of drug-likeness (QED) is 0.524. The Kier molecular flexibility index (Phi) is 4.49. The lowest BCUT2D eigenvalue weighted by atomic mass is 10.3. The summed E-state index contributed by atoms with van der Waals surface area (Å²) in [5, 5.41) is 0.0551. The highest BCUT2D eigenvalue weighted by molar-refractivity contribution is 6.32. The van der Waals surface area contributed by atoms with Crippen molar-refractivity contribution in [1.29, 1.82) is 0 Å². The first-order chi connectivity index (χ1) is 8.73. The average molecular weight is 286 g/mol. The van der Waals surface area contributed by atoms with Crippen molar-refractivity contribution < 1.29 is 4.79 Å². The molecule has 0 bridgehead atoms. The monoisotopic (exact) mass is 285 g/mol. The molecule has 9 heteroatoms. The lowest BCUT2D eigenvalue weighted by Crippen LogP contribution is -2.28. The van der Waals surface area contributed by atoms with Gasteiger partial charge in [0.15, 0.2) is 28.4 Å². The van der Waals surface area contributed by atoms with Crippen LogP contribution in [0.1, 0.15) is 24.3 Å². The number of anilines is 2. The molecule has 0 unspecified atom stereocenters. The number of aliphatic imine (C=N–C) groups is 1. The maximum Gasteiger partial charge on any atom is 0.302 e. The maximum atomic E-state index is 11.6. The zero-order valence-electron chi connectivity index (χ0n) is 10.9. The number of hydrogen-bond donors (Lipinski definition) is 3. The zero-order valence-corrected chi connectivity index (χ0v) is 11.6. The molecule has 0 aromatic carbocycles. The normalized spacial score (nSPS) is 10.4. The SMILES string of the molecule is CC(C)N(C)c1nc(N)c(C(=O)N=C(N)N)nc1Cl. The van der Waals surface area contributed by atoms with Gasteiger partial charge in [0.25, 0.3) is 0 Å². The summed E-state index contributed by atoms with van der Waals surface area (Å²) in [6.45, 7) is 3.90. The van der Waals surface area contributed by atoms with E-state index in [4.69, 9.17) is 28.8 Å². The first-order valence-electron chi connectivity index (χ1n) is 5.43. The van der Waals surface area contributed by atoms with Crippen LogP contribution >= 0.6 is 11.6 Å². The Morgan fingerprint density at radius 2 is 1.95 bits per heavy atom. The third-order valence-electron chi connectivity index (χ3n) is 2.41. The molecule has 1 aromatic heterocycles. The van der Waals surface area contributed by atoms with Crippen LogP contribution in [0.3, 0.4) is 0 Å². The molecule has 8 nitrogen and oxygen atoms in total.